The monoisotopic (exact) mass is 262 g/mol. The van der Waals surface area contributed by atoms with E-state index in [1.807, 2.05) is 44.2 Å². The Morgan fingerprint density at radius 1 is 1.37 bits per heavy atom. The molecule has 5 nitrogen and oxygen atoms in total. The molecule has 1 fully saturated rings. The molecule has 1 aromatic rings. The highest BCUT2D eigenvalue weighted by molar-refractivity contribution is 5.96. The first-order valence-corrected chi connectivity index (χ1v) is 6.24. The van der Waals surface area contributed by atoms with Crippen molar-refractivity contribution in [3.63, 3.8) is 0 Å². The topological polar surface area (TPSA) is 72.6 Å². The van der Waals surface area contributed by atoms with E-state index in [0.717, 1.165) is 10.5 Å². The third-order valence-corrected chi connectivity index (χ3v) is 3.59. The van der Waals surface area contributed by atoms with Gasteiger partial charge in [0.1, 0.15) is 6.61 Å². The Hall–Kier alpha value is -1.88. The molecule has 1 atom stereocenters. The van der Waals surface area contributed by atoms with Crippen LogP contribution in [-0.2, 0) is 14.9 Å². The van der Waals surface area contributed by atoms with E-state index in [1.54, 1.807) is 0 Å². The summed E-state index contributed by atoms with van der Waals surface area (Å²) in [5.74, 6) is -0.392. The molecule has 0 aromatic heterocycles. The zero-order chi connectivity index (χ0) is 14.0. The van der Waals surface area contributed by atoms with Gasteiger partial charge in [-0.2, -0.15) is 0 Å². The molecule has 2 amide bonds. The minimum Gasteiger partial charge on any atom is -0.447 e. The lowest BCUT2D eigenvalue weighted by molar-refractivity contribution is -0.130. The average Bonchev–Trinajstić information content (AvgIpc) is 2.84. The minimum absolute atomic E-state index is 0.239. The Labute approximate surface area is 112 Å². The zero-order valence-electron chi connectivity index (χ0n) is 11.1. The number of nitrogens with two attached hydrogens (primary N) is 1. The Morgan fingerprint density at radius 2 is 2.00 bits per heavy atom. The Balaban J connectivity index is 2.21. The Morgan fingerprint density at radius 3 is 2.53 bits per heavy atom. The normalized spacial score (nSPS) is 17.2. The number of imide groups is 1. The van der Waals surface area contributed by atoms with Gasteiger partial charge in [-0.1, -0.05) is 44.2 Å². The van der Waals surface area contributed by atoms with Crippen LogP contribution in [0.15, 0.2) is 30.3 Å². The predicted octanol–water partition coefficient (Wildman–Crippen LogP) is 1.27. The van der Waals surface area contributed by atoms with Gasteiger partial charge in [-0.05, 0) is 5.56 Å². The first kappa shape index (κ1) is 13.5. The number of carbonyl (C=O) groups excluding carboxylic acids is 2. The first-order valence-electron chi connectivity index (χ1n) is 6.24. The van der Waals surface area contributed by atoms with Gasteiger partial charge in [0.05, 0.1) is 12.6 Å². The SMILES string of the molecule is CC(C)(c1ccccc1)[C@H](N)C(=O)N1CCOC1=O. The van der Waals surface area contributed by atoms with Crippen LogP contribution in [0.2, 0.25) is 0 Å². The van der Waals surface area contributed by atoms with Gasteiger partial charge >= 0.3 is 6.09 Å². The molecule has 5 heteroatoms. The fraction of sp³-hybridized carbons (Fsp3) is 0.429. The molecule has 0 bridgehead atoms. The fourth-order valence-electron chi connectivity index (χ4n) is 2.12. The number of cyclic esters (lactones) is 1. The quantitative estimate of drug-likeness (QED) is 0.890. The Kier molecular flexibility index (Phi) is 3.57. The smallest absolute Gasteiger partial charge is 0.416 e. The maximum Gasteiger partial charge on any atom is 0.416 e. The van der Waals surface area contributed by atoms with Crippen LogP contribution < -0.4 is 5.73 Å². The number of hydrogen-bond donors (Lipinski definition) is 1. The summed E-state index contributed by atoms with van der Waals surface area (Å²) in [4.78, 5) is 24.8. The summed E-state index contributed by atoms with van der Waals surface area (Å²) in [7, 11) is 0. The van der Waals surface area contributed by atoms with E-state index in [2.05, 4.69) is 0 Å². The summed E-state index contributed by atoms with van der Waals surface area (Å²) in [6.45, 7) is 4.30. The lowest BCUT2D eigenvalue weighted by Gasteiger charge is -2.32. The lowest BCUT2D eigenvalue weighted by Crippen LogP contribution is -2.53. The van der Waals surface area contributed by atoms with E-state index in [1.165, 1.54) is 0 Å². The van der Waals surface area contributed by atoms with Crippen LogP contribution >= 0.6 is 0 Å². The summed E-state index contributed by atoms with van der Waals surface area (Å²) >= 11 is 0. The highest BCUT2D eigenvalue weighted by Gasteiger charge is 2.40. The molecular weight excluding hydrogens is 244 g/mol. The highest BCUT2D eigenvalue weighted by Crippen LogP contribution is 2.27. The number of ether oxygens (including phenoxy) is 1. The maximum absolute atomic E-state index is 12.3. The predicted molar refractivity (Wildman–Crippen MR) is 70.5 cm³/mol. The Bertz CT molecular complexity index is 485. The van der Waals surface area contributed by atoms with Gasteiger partial charge in [-0.25, -0.2) is 9.69 Å². The molecule has 0 unspecified atom stereocenters. The average molecular weight is 262 g/mol. The van der Waals surface area contributed by atoms with Gasteiger partial charge in [0, 0.05) is 5.41 Å². The number of carbonyl (C=O) groups is 2. The van der Waals surface area contributed by atoms with Crippen molar-refractivity contribution in [1.29, 1.82) is 0 Å². The third-order valence-electron chi connectivity index (χ3n) is 3.59. The van der Waals surface area contributed by atoms with Gasteiger partial charge in [-0.15, -0.1) is 0 Å². The third kappa shape index (κ3) is 2.46. The number of hydrogen-bond acceptors (Lipinski definition) is 4. The number of rotatable bonds is 3. The number of amides is 2. The largest absolute Gasteiger partial charge is 0.447 e. The van der Waals surface area contributed by atoms with Crippen molar-refractivity contribution in [3.8, 4) is 0 Å². The van der Waals surface area contributed by atoms with Crippen LogP contribution in [-0.4, -0.2) is 36.1 Å². The van der Waals surface area contributed by atoms with E-state index >= 15 is 0 Å². The summed E-state index contributed by atoms with van der Waals surface area (Å²) < 4.78 is 4.77. The first-order chi connectivity index (χ1) is 8.94. The molecule has 0 aliphatic carbocycles. The lowest BCUT2D eigenvalue weighted by atomic mass is 9.77. The minimum atomic E-state index is -0.791. The van der Waals surface area contributed by atoms with Crippen LogP contribution in [0.25, 0.3) is 0 Å². The van der Waals surface area contributed by atoms with Crippen molar-refractivity contribution in [2.45, 2.75) is 25.3 Å². The van der Waals surface area contributed by atoms with Crippen LogP contribution in [0.4, 0.5) is 4.79 Å². The van der Waals surface area contributed by atoms with Crippen LogP contribution in [0.3, 0.4) is 0 Å². The standard InChI is InChI=1S/C14H18N2O3/c1-14(2,10-6-4-3-5-7-10)11(15)12(17)16-8-9-19-13(16)18/h3-7,11H,8-9,15H2,1-2H3/t11-/m1/s1. The van der Waals surface area contributed by atoms with Crippen molar-refractivity contribution >= 4 is 12.0 Å². The molecule has 1 saturated heterocycles. The van der Waals surface area contributed by atoms with E-state index in [0.29, 0.717) is 0 Å². The van der Waals surface area contributed by atoms with Crippen molar-refractivity contribution < 1.29 is 14.3 Å². The second kappa shape index (κ2) is 5.01. The number of nitrogens with zero attached hydrogens (tertiary/aromatic N) is 1. The van der Waals surface area contributed by atoms with E-state index in [4.69, 9.17) is 10.5 Å². The van der Waals surface area contributed by atoms with Crippen molar-refractivity contribution in [2.75, 3.05) is 13.2 Å². The highest BCUT2D eigenvalue weighted by atomic mass is 16.6. The van der Waals surface area contributed by atoms with Gasteiger partial charge in [0.25, 0.3) is 0 Å². The van der Waals surface area contributed by atoms with E-state index in [-0.39, 0.29) is 13.2 Å². The fourth-order valence-corrected chi connectivity index (χ4v) is 2.12. The molecule has 1 aliphatic heterocycles. The maximum atomic E-state index is 12.3. The summed E-state index contributed by atoms with van der Waals surface area (Å²) in [5.41, 5.74) is 6.48. The van der Waals surface area contributed by atoms with Crippen LogP contribution in [0.5, 0.6) is 0 Å². The van der Waals surface area contributed by atoms with E-state index in [9.17, 15) is 9.59 Å². The molecule has 1 aromatic carbocycles. The molecule has 102 valence electrons. The second-order valence-corrected chi connectivity index (χ2v) is 5.17. The molecule has 0 spiro atoms. The second-order valence-electron chi connectivity index (χ2n) is 5.17. The molecule has 19 heavy (non-hydrogen) atoms. The zero-order valence-corrected chi connectivity index (χ0v) is 11.1. The van der Waals surface area contributed by atoms with Gasteiger partial charge in [0.15, 0.2) is 0 Å². The molecule has 0 saturated carbocycles. The summed E-state index contributed by atoms with van der Waals surface area (Å²) in [5, 5.41) is 0. The van der Waals surface area contributed by atoms with Crippen LogP contribution in [0, 0.1) is 0 Å². The molecule has 1 aliphatic rings. The molecular formula is C14H18N2O3. The van der Waals surface area contributed by atoms with Crippen molar-refractivity contribution in [3.05, 3.63) is 35.9 Å². The molecule has 2 N–H and O–H groups in total. The van der Waals surface area contributed by atoms with Crippen molar-refractivity contribution in [1.82, 2.24) is 4.90 Å². The van der Waals surface area contributed by atoms with Crippen molar-refractivity contribution in [2.24, 2.45) is 5.73 Å². The summed E-state index contributed by atoms with van der Waals surface area (Å²) in [6.07, 6.45) is -0.607. The summed E-state index contributed by atoms with van der Waals surface area (Å²) in [6, 6.07) is 8.77. The van der Waals surface area contributed by atoms with Gasteiger partial charge in [-0.3, -0.25) is 4.79 Å². The number of benzene rings is 1. The molecule has 0 radical (unpaired) electrons. The van der Waals surface area contributed by atoms with E-state index < -0.39 is 23.5 Å². The molecule has 2 rings (SSSR count). The van der Waals surface area contributed by atoms with Crippen LogP contribution in [0.1, 0.15) is 19.4 Å². The molecule has 1 heterocycles. The van der Waals surface area contributed by atoms with Gasteiger partial charge < -0.3 is 10.5 Å². The van der Waals surface area contributed by atoms with Gasteiger partial charge in [0.2, 0.25) is 5.91 Å².